The van der Waals surface area contributed by atoms with Crippen LogP contribution in [0.15, 0.2) is 6.33 Å². The molecule has 0 aromatic heterocycles. The van der Waals surface area contributed by atoms with Gasteiger partial charge in [-0.3, -0.25) is 0 Å². The van der Waals surface area contributed by atoms with Crippen molar-refractivity contribution in [3.05, 3.63) is 6.33 Å². The number of piperidine rings is 1. The highest BCUT2D eigenvalue weighted by atomic mass is 16.6. The topological polar surface area (TPSA) is 134 Å². The largest absolute Gasteiger partial charge is 0.450 e. The molecule has 1 amide bonds. The van der Waals surface area contributed by atoms with Crippen LogP contribution in [-0.4, -0.2) is 68.8 Å². The van der Waals surface area contributed by atoms with Crippen LogP contribution in [0.4, 0.5) is 16.6 Å². The van der Waals surface area contributed by atoms with Gasteiger partial charge in [-0.05, 0) is 45.4 Å². The molecular weight excluding hydrogens is 372 g/mol. The fourth-order valence-electron chi connectivity index (χ4n) is 4.08. The zero-order valence-electron chi connectivity index (χ0n) is 16.9. The van der Waals surface area contributed by atoms with Crippen molar-refractivity contribution < 1.29 is 9.53 Å². The van der Waals surface area contributed by atoms with Crippen molar-refractivity contribution in [3.8, 4) is 11.5 Å². The Kier molecular flexibility index (Phi) is 5.98. The van der Waals surface area contributed by atoms with E-state index < -0.39 is 0 Å². The van der Waals surface area contributed by atoms with Crippen LogP contribution in [0, 0.1) is 0 Å². The third-order valence-corrected chi connectivity index (χ3v) is 5.76. The van der Waals surface area contributed by atoms with Crippen molar-refractivity contribution in [1.82, 2.24) is 24.8 Å². The number of nitrogens with zero attached hydrogens (tertiary/aromatic N) is 4. The molecule has 2 fully saturated rings. The van der Waals surface area contributed by atoms with Crippen molar-refractivity contribution in [1.29, 1.82) is 0 Å². The maximum absolute atomic E-state index is 11.9. The van der Waals surface area contributed by atoms with E-state index in [1.54, 1.807) is 4.90 Å². The lowest BCUT2D eigenvalue weighted by molar-refractivity contribution is 0.0983. The normalized spacial score (nSPS) is 23.2. The van der Waals surface area contributed by atoms with Crippen molar-refractivity contribution in [3.63, 3.8) is 0 Å². The molecule has 0 radical (unpaired) electrons. The summed E-state index contributed by atoms with van der Waals surface area (Å²) in [4.78, 5) is 30.2. The van der Waals surface area contributed by atoms with Crippen LogP contribution >= 0.6 is 0 Å². The molecule has 1 saturated carbocycles. The van der Waals surface area contributed by atoms with E-state index in [0.717, 1.165) is 50.0 Å². The van der Waals surface area contributed by atoms with Gasteiger partial charge in [0, 0.05) is 31.2 Å². The monoisotopic (exact) mass is 402 g/mol. The van der Waals surface area contributed by atoms with Crippen molar-refractivity contribution >= 4 is 17.9 Å². The molecule has 3 aliphatic heterocycles. The molecule has 4 rings (SSSR count). The Bertz CT molecular complexity index is 780. The highest BCUT2D eigenvalue weighted by Crippen LogP contribution is 2.28. The standard InChI is InChI=1S/C19H30N8O2/c1-2-29-19(28)27-9-7-14(8-10-27)23-17-15-16(22-11-21-15)25-18(26-17)24-13-5-3-12(20)4-6-13/h11-14H,2-10,20H2,1H3,(H3,21,22,23,24,25,26). The molecule has 10 heteroatoms. The summed E-state index contributed by atoms with van der Waals surface area (Å²) in [7, 11) is 0. The molecular formula is C19H30N8O2. The number of imidazole rings is 1. The molecule has 10 nitrogen and oxygen atoms in total. The molecule has 3 heterocycles. The third kappa shape index (κ3) is 4.69. The number of aromatic amines is 1. The number of nitrogens with one attached hydrogen (secondary N) is 3. The van der Waals surface area contributed by atoms with E-state index in [4.69, 9.17) is 10.5 Å². The lowest BCUT2D eigenvalue weighted by Gasteiger charge is -2.32. The number of H-pyrrole nitrogens is 1. The first-order chi connectivity index (χ1) is 14.1. The second-order valence-electron chi connectivity index (χ2n) is 7.87. The predicted octanol–water partition coefficient (Wildman–Crippen LogP) is 2.02. The Morgan fingerprint density at radius 1 is 1.17 bits per heavy atom. The van der Waals surface area contributed by atoms with Crippen molar-refractivity contribution in [2.45, 2.75) is 63.6 Å². The average molecular weight is 403 g/mol. The Labute approximate surface area is 170 Å². The number of nitrogens with two attached hydrogens (primary N) is 1. The highest BCUT2D eigenvalue weighted by Gasteiger charge is 2.26. The SMILES string of the molecule is CCOC(=O)N1CCC(Nc2[nH]c(NC3CCC(N)CC3)nc3ncnc2-3)CC1. The molecule has 0 atom stereocenters. The van der Waals surface area contributed by atoms with Crippen LogP contribution in [0.3, 0.4) is 0 Å². The van der Waals surface area contributed by atoms with Crippen LogP contribution in [-0.2, 0) is 4.74 Å². The van der Waals surface area contributed by atoms with E-state index in [1.165, 1.54) is 6.33 Å². The Morgan fingerprint density at radius 2 is 1.90 bits per heavy atom. The summed E-state index contributed by atoms with van der Waals surface area (Å²) in [6.45, 7) is 3.57. The maximum atomic E-state index is 11.9. The minimum absolute atomic E-state index is 0.232. The van der Waals surface area contributed by atoms with Crippen molar-refractivity contribution in [2.75, 3.05) is 30.3 Å². The number of amides is 1. The molecule has 1 saturated heterocycles. The summed E-state index contributed by atoms with van der Waals surface area (Å²) in [5, 5.41) is 7.05. The van der Waals surface area contributed by atoms with E-state index in [1.807, 2.05) is 6.92 Å². The number of hydrogen-bond acceptors (Lipinski definition) is 8. The number of anilines is 2. The van der Waals surface area contributed by atoms with E-state index in [0.29, 0.717) is 43.6 Å². The Morgan fingerprint density at radius 3 is 2.62 bits per heavy atom. The Hall–Kier alpha value is -2.62. The van der Waals surface area contributed by atoms with Crippen LogP contribution in [0.1, 0.15) is 45.4 Å². The fraction of sp³-hybridized carbons (Fsp3) is 0.684. The first kappa shape index (κ1) is 19.7. The number of hydrogen-bond donors (Lipinski definition) is 4. The van der Waals surface area contributed by atoms with Gasteiger partial charge in [0.05, 0.1) is 6.61 Å². The second-order valence-corrected chi connectivity index (χ2v) is 7.87. The first-order valence-electron chi connectivity index (χ1n) is 10.5. The van der Waals surface area contributed by atoms with Gasteiger partial charge in [-0.2, -0.15) is 4.98 Å². The van der Waals surface area contributed by atoms with E-state index in [-0.39, 0.29) is 12.1 Å². The lowest BCUT2D eigenvalue weighted by atomic mass is 9.92. The minimum Gasteiger partial charge on any atom is -0.450 e. The quantitative estimate of drug-likeness (QED) is 0.597. The van der Waals surface area contributed by atoms with Gasteiger partial charge in [0.1, 0.15) is 17.8 Å². The van der Waals surface area contributed by atoms with Gasteiger partial charge in [0.15, 0.2) is 5.82 Å². The van der Waals surface area contributed by atoms with Crippen LogP contribution < -0.4 is 16.4 Å². The number of carbonyl (C=O) groups excluding carboxylic acids is 1. The molecule has 1 aliphatic carbocycles. The molecule has 0 bridgehead atoms. The smallest absolute Gasteiger partial charge is 0.409 e. The number of ether oxygens (including phenoxy) is 1. The predicted molar refractivity (Wildman–Crippen MR) is 110 cm³/mol. The number of fused-ring (bicyclic) bond motifs is 1. The molecule has 29 heavy (non-hydrogen) atoms. The third-order valence-electron chi connectivity index (χ3n) is 5.76. The van der Waals surface area contributed by atoms with Gasteiger partial charge in [0.2, 0.25) is 5.95 Å². The molecule has 0 unspecified atom stereocenters. The number of carbonyl (C=O) groups is 1. The lowest BCUT2D eigenvalue weighted by Crippen LogP contribution is -2.42. The maximum Gasteiger partial charge on any atom is 0.409 e. The van der Waals surface area contributed by atoms with Crippen molar-refractivity contribution in [2.24, 2.45) is 5.73 Å². The fourth-order valence-corrected chi connectivity index (χ4v) is 4.08. The number of aromatic nitrogens is 4. The molecule has 4 aliphatic rings. The molecule has 0 spiro atoms. The molecule has 158 valence electrons. The van der Waals surface area contributed by atoms with Gasteiger partial charge in [-0.25, -0.2) is 14.8 Å². The van der Waals surface area contributed by atoms with Gasteiger partial charge in [-0.15, -0.1) is 0 Å². The summed E-state index contributed by atoms with van der Waals surface area (Å²) < 4.78 is 5.09. The van der Waals surface area contributed by atoms with E-state index in [2.05, 4.69) is 30.6 Å². The van der Waals surface area contributed by atoms with Gasteiger partial charge in [-0.1, -0.05) is 0 Å². The Balaban J connectivity index is 1.41. The number of likely N-dealkylation sites (tertiary alicyclic amines) is 1. The zero-order valence-corrected chi connectivity index (χ0v) is 16.9. The van der Waals surface area contributed by atoms with E-state index in [9.17, 15) is 4.79 Å². The zero-order chi connectivity index (χ0) is 20.2. The minimum atomic E-state index is -0.232. The number of rotatable bonds is 5. The van der Waals surface area contributed by atoms with Gasteiger partial charge < -0.3 is 31.0 Å². The summed E-state index contributed by atoms with van der Waals surface area (Å²) >= 11 is 0. The molecule has 0 aromatic carbocycles. The summed E-state index contributed by atoms with van der Waals surface area (Å²) in [5.41, 5.74) is 6.74. The second kappa shape index (κ2) is 8.81. The summed E-state index contributed by atoms with van der Waals surface area (Å²) in [6.07, 6.45) is 7.11. The van der Waals surface area contributed by atoms with Crippen LogP contribution in [0.25, 0.3) is 11.5 Å². The summed E-state index contributed by atoms with van der Waals surface area (Å²) in [6, 6.07) is 0.908. The molecule has 5 N–H and O–H groups in total. The van der Waals surface area contributed by atoms with Crippen LogP contribution in [0.2, 0.25) is 0 Å². The first-order valence-corrected chi connectivity index (χ1v) is 10.5. The van der Waals surface area contributed by atoms with Crippen LogP contribution in [0.5, 0.6) is 0 Å². The highest BCUT2D eigenvalue weighted by molar-refractivity contribution is 5.70. The summed E-state index contributed by atoms with van der Waals surface area (Å²) in [5.74, 6) is 2.13. The van der Waals surface area contributed by atoms with Gasteiger partial charge >= 0.3 is 6.09 Å². The van der Waals surface area contributed by atoms with Gasteiger partial charge in [0.25, 0.3) is 0 Å². The van der Waals surface area contributed by atoms with E-state index >= 15 is 0 Å². The average Bonchev–Trinajstić information content (AvgIpc) is 3.19. The molecule has 0 aromatic rings.